The lowest BCUT2D eigenvalue weighted by atomic mass is 10.3. The fraction of sp³-hybridized carbons (Fsp3) is 0.214. The zero-order valence-corrected chi connectivity index (χ0v) is 10.1. The van der Waals surface area contributed by atoms with Crippen LogP contribution in [-0.4, -0.2) is 11.2 Å². The Labute approximate surface area is 104 Å². The van der Waals surface area contributed by atoms with Crippen molar-refractivity contribution in [2.24, 2.45) is 0 Å². The van der Waals surface area contributed by atoms with E-state index in [1.54, 1.807) is 35.9 Å². The van der Waals surface area contributed by atoms with Crippen LogP contribution in [0.4, 0.5) is 4.39 Å². The molecular weight excluding hydrogens is 233 g/mol. The van der Waals surface area contributed by atoms with Gasteiger partial charge in [0.2, 0.25) is 0 Å². The van der Waals surface area contributed by atoms with Gasteiger partial charge < -0.3 is 9.30 Å². The molecule has 0 N–H and O–H groups in total. The minimum Gasteiger partial charge on any atom is -0.492 e. The van der Waals surface area contributed by atoms with E-state index in [0.29, 0.717) is 24.5 Å². The number of ether oxygens (including phenoxy) is 1. The Morgan fingerprint density at radius 1 is 1.22 bits per heavy atom. The van der Waals surface area contributed by atoms with Gasteiger partial charge in [-0.2, -0.15) is 0 Å². The van der Waals surface area contributed by atoms with E-state index < -0.39 is 0 Å². The summed E-state index contributed by atoms with van der Waals surface area (Å²) >= 11 is 0. The molecule has 0 spiro atoms. The molecule has 1 aromatic heterocycles. The zero-order valence-electron chi connectivity index (χ0n) is 10.1. The van der Waals surface area contributed by atoms with Crippen LogP contribution in [0.15, 0.2) is 47.4 Å². The summed E-state index contributed by atoms with van der Waals surface area (Å²) in [5.74, 6) is 0.300. The number of aryl methyl sites for hydroxylation is 1. The molecule has 0 saturated carbocycles. The van der Waals surface area contributed by atoms with Gasteiger partial charge in [0.05, 0.1) is 6.54 Å². The normalized spacial score (nSPS) is 10.3. The smallest absolute Gasteiger partial charge is 0.253 e. The third kappa shape index (κ3) is 2.97. The van der Waals surface area contributed by atoms with E-state index in [1.807, 2.05) is 6.07 Å². The van der Waals surface area contributed by atoms with Gasteiger partial charge in [-0.3, -0.25) is 4.79 Å². The van der Waals surface area contributed by atoms with Crippen LogP contribution in [0.25, 0.3) is 0 Å². The molecule has 0 radical (unpaired) electrons. The second-order valence-electron chi connectivity index (χ2n) is 3.99. The summed E-state index contributed by atoms with van der Waals surface area (Å²) in [7, 11) is 0. The van der Waals surface area contributed by atoms with E-state index in [4.69, 9.17) is 4.74 Å². The average Bonchev–Trinajstić information content (AvgIpc) is 2.37. The first-order valence-electron chi connectivity index (χ1n) is 5.71. The van der Waals surface area contributed by atoms with Crippen molar-refractivity contribution in [3.8, 4) is 5.75 Å². The maximum absolute atomic E-state index is 12.7. The van der Waals surface area contributed by atoms with E-state index in [1.165, 1.54) is 12.1 Å². The Morgan fingerprint density at radius 2 is 1.94 bits per heavy atom. The molecule has 1 aromatic carbocycles. The molecule has 4 heteroatoms. The van der Waals surface area contributed by atoms with Crippen molar-refractivity contribution in [1.82, 2.24) is 4.57 Å². The van der Waals surface area contributed by atoms with Gasteiger partial charge in [-0.05, 0) is 37.3 Å². The fourth-order valence-corrected chi connectivity index (χ4v) is 1.63. The second-order valence-corrected chi connectivity index (χ2v) is 3.99. The van der Waals surface area contributed by atoms with Crippen molar-refractivity contribution in [2.45, 2.75) is 13.5 Å². The van der Waals surface area contributed by atoms with Crippen LogP contribution >= 0.6 is 0 Å². The van der Waals surface area contributed by atoms with Gasteiger partial charge in [0.1, 0.15) is 18.2 Å². The van der Waals surface area contributed by atoms with E-state index in [0.717, 1.165) is 0 Å². The van der Waals surface area contributed by atoms with Crippen molar-refractivity contribution in [1.29, 1.82) is 0 Å². The lowest BCUT2D eigenvalue weighted by Gasteiger charge is -2.08. The Hall–Kier alpha value is -2.10. The van der Waals surface area contributed by atoms with Crippen LogP contribution in [0.3, 0.4) is 0 Å². The maximum atomic E-state index is 12.7. The molecule has 0 aliphatic heterocycles. The first-order valence-corrected chi connectivity index (χ1v) is 5.71. The summed E-state index contributed by atoms with van der Waals surface area (Å²) in [5.41, 5.74) is 0.694. The molecule has 0 bridgehead atoms. The largest absolute Gasteiger partial charge is 0.492 e. The molecule has 94 valence electrons. The molecule has 0 aliphatic rings. The van der Waals surface area contributed by atoms with E-state index in [9.17, 15) is 9.18 Å². The molecule has 2 aromatic rings. The van der Waals surface area contributed by atoms with E-state index in [2.05, 4.69) is 0 Å². The molecule has 0 saturated heterocycles. The first kappa shape index (κ1) is 12.4. The van der Waals surface area contributed by atoms with Gasteiger partial charge in [0, 0.05) is 11.8 Å². The summed E-state index contributed by atoms with van der Waals surface area (Å²) in [6.45, 7) is 2.62. The number of hydrogen-bond donors (Lipinski definition) is 0. The second kappa shape index (κ2) is 5.49. The third-order valence-electron chi connectivity index (χ3n) is 2.62. The summed E-state index contributed by atoms with van der Waals surface area (Å²) in [5, 5.41) is 0. The standard InChI is InChI=1S/C14H14FNO2/c1-11-3-2-8-16(14(11)17)9-10-18-13-6-4-12(15)5-7-13/h2-8H,9-10H2,1H3. The van der Waals surface area contributed by atoms with Crippen molar-refractivity contribution in [2.75, 3.05) is 6.61 Å². The van der Waals surface area contributed by atoms with E-state index in [-0.39, 0.29) is 11.4 Å². The SMILES string of the molecule is Cc1cccn(CCOc2ccc(F)cc2)c1=O. The summed E-state index contributed by atoms with van der Waals surface area (Å²) in [6, 6.07) is 9.42. The molecule has 0 atom stereocenters. The molecule has 0 fully saturated rings. The fourth-order valence-electron chi connectivity index (χ4n) is 1.63. The molecule has 0 aliphatic carbocycles. The van der Waals surface area contributed by atoms with Crippen molar-refractivity contribution in [3.63, 3.8) is 0 Å². The number of halogens is 1. The topological polar surface area (TPSA) is 31.2 Å². The van der Waals surface area contributed by atoms with Crippen LogP contribution in [-0.2, 0) is 6.54 Å². The van der Waals surface area contributed by atoms with Gasteiger partial charge in [0.25, 0.3) is 5.56 Å². The number of pyridine rings is 1. The number of hydrogen-bond acceptors (Lipinski definition) is 2. The molecular formula is C14H14FNO2. The number of aromatic nitrogens is 1. The molecule has 0 amide bonds. The van der Waals surface area contributed by atoms with Crippen molar-refractivity contribution >= 4 is 0 Å². The summed E-state index contributed by atoms with van der Waals surface area (Å²) < 4.78 is 19.7. The Morgan fingerprint density at radius 3 is 2.67 bits per heavy atom. The molecule has 18 heavy (non-hydrogen) atoms. The number of rotatable bonds is 4. The highest BCUT2D eigenvalue weighted by Crippen LogP contribution is 2.10. The molecule has 1 heterocycles. The predicted octanol–water partition coefficient (Wildman–Crippen LogP) is 2.37. The minimum atomic E-state index is -0.294. The number of nitrogens with zero attached hydrogens (tertiary/aromatic N) is 1. The van der Waals surface area contributed by atoms with Crippen molar-refractivity contribution in [3.05, 3.63) is 64.3 Å². The van der Waals surface area contributed by atoms with Crippen molar-refractivity contribution < 1.29 is 9.13 Å². The third-order valence-corrected chi connectivity index (χ3v) is 2.62. The van der Waals surface area contributed by atoms with Gasteiger partial charge in [-0.25, -0.2) is 4.39 Å². The lowest BCUT2D eigenvalue weighted by molar-refractivity contribution is 0.296. The Kier molecular flexibility index (Phi) is 3.77. The van der Waals surface area contributed by atoms with Crippen LogP contribution < -0.4 is 10.3 Å². The number of benzene rings is 1. The maximum Gasteiger partial charge on any atom is 0.253 e. The monoisotopic (exact) mass is 247 g/mol. The highest BCUT2D eigenvalue weighted by Gasteiger charge is 1.99. The van der Waals surface area contributed by atoms with Crippen LogP contribution in [0.1, 0.15) is 5.56 Å². The van der Waals surface area contributed by atoms with E-state index >= 15 is 0 Å². The van der Waals surface area contributed by atoms with Gasteiger partial charge in [-0.1, -0.05) is 6.07 Å². The van der Waals surface area contributed by atoms with Crippen LogP contribution in [0.5, 0.6) is 5.75 Å². The Bertz CT molecular complexity index is 575. The Balaban J connectivity index is 1.94. The molecule has 2 rings (SSSR count). The summed E-state index contributed by atoms with van der Waals surface area (Å²) in [6.07, 6.45) is 1.73. The van der Waals surface area contributed by atoms with Gasteiger partial charge >= 0.3 is 0 Å². The average molecular weight is 247 g/mol. The summed E-state index contributed by atoms with van der Waals surface area (Å²) in [4.78, 5) is 11.7. The van der Waals surface area contributed by atoms with Crippen LogP contribution in [0, 0.1) is 12.7 Å². The molecule has 3 nitrogen and oxygen atoms in total. The van der Waals surface area contributed by atoms with Gasteiger partial charge in [-0.15, -0.1) is 0 Å². The first-order chi connectivity index (χ1) is 8.66. The molecule has 0 unspecified atom stereocenters. The van der Waals surface area contributed by atoms with Crippen LogP contribution in [0.2, 0.25) is 0 Å². The lowest BCUT2D eigenvalue weighted by Crippen LogP contribution is -2.23. The highest BCUT2D eigenvalue weighted by atomic mass is 19.1. The highest BCUT2D eigenvalue weighted by molar-refractivity contribution is 5.21. The quantitative estimate of drug-likeness (QED) is 0.830. The van der Waals surface area contributed by atoms with Gasteiger partial charge in [0.15, 0.2) is 0 Å². The minimum absolute atomic E-state index is 0.0137. The predicted molar refractivity (Wildman–Crippen MR) is 67.3 cm³/mol. The zero-order chi connectivity index (χ0) is 13.0.